The van der Waals surface area contributed by atoms with Gasteiger partial charge in [0.15, 0.2) is 0 Å². The van der Waals surface area contributed by atoms with Gasteiger partial charge in [0.05, 0.1) is 5.56 Å². The number of terminal acetylenes is 1. The van der Waals surface area contributed by atoms with Crippen LogP contribution < -0.4 is 0 Å². The summed E-state index contributed by atoms with van der Waals surface area (Å²) in [5, 5.41) is 9.02. The summed E-state index contributed by atoms with van der Waals surface area (Å²) in [6, 6.07) is 4.42. The smallest absolute Gasteiger partial charge is 0.416 e. The van der Waals surface area contributed by atoms with Gasteiger partial charge in [0, 0.05) is 18.9 Å². The van der Waals surface area contributed by atoms with Gasteiger partial charge in [0.2, 0.25) is 0 Å². The second-order valence-electron chi connectivity index (χ2n) is 8.16. The Kier molecular flexibility index (Phi) is 11.0. The second-order valence-corrected chi connectivity index (χ2v) is 8.16. The average Bonchev–Trinajstić information content (AvgIpc) is 2.70. The topological polar surface area (TPSA) is 40.5 Å². The molecule has 0 saturated carbocycles. The van der Waals surface area contributed by atoms with E-state index in [1.165, 1.54) is 12.1 Å². The molecule has 9 heteroatoms. The maximum Gasteiger partial charge on any atom is 0.416 e. The minimum Gasteiger partial charge on any atom is -0.481 e. The summed E-state index contributed by atoms with van der Waals surface area (Å²) in [7, 11) is 0. The van der Waals surface area contributed by atoms with Crippen LogP contribution >= 0.6 is 0 Å². The molecule has 1 saturated heterocycles. The molecule has 1 aromatic carbocycles. The Morgan fingerprint density at radius 2 is 1.76 bits per heavy atom. The van der Waals surface area contributed by atoms with Crippen LogP contribution in [0.5, 0.6) is 0 Å². The van der Waals surface area contributed by atoms with Crippen molar-refractivity contribution < 1.29 is 36.2 Å². The molecule has 33 heavy (non-hydrogen) atoms. The Bertz CT molecular complexity index is 808. The highest BCUT2D eigenvalue weighted by Gasteiger charge is 2.33. The van der Waals surface area contributed by atoms with Crippen LogP contribution in [0, 0.1) is 18.3 Å². The van der Waals surface area contributed by atoms with Crippen LogP contribution in [0.25, 0.3) is 0 Å². The number of piperidine rings is 1. The van der Waals surface area contributed by atoms with Crippen molar-refractivity contribution in [2.45, 2.75) is 63.8 Å². The number of halogens is 6. The monoisotopic (exact) mass is 477 g/mol. The summed E-state index contributed by atoms with van der Waals surface area (Å²) in [5.74, 6) is 1.28. The van der Waals surface area contributed by atoms with Crippen molar-refractivity contribution in [3.63, 3.8) is 0 Å². The highest BCUT2D eigenvalue weighted by molar-refractivity contribution is 5.67. The third-order valence-electron chi connectivity index (χ3n) is 5.31. The molecule has 1 N–H and O–H groups in total. The molecule has 2 rings (SSSR count). The van der Waals surface area contributed by atoms with E-state index in [0.29, 0.717) is 37.9 Å². The third kappa shape index (κ3) is 11.3. The van der Waals surface area contributed by atoms with Gasteiger partial charge >= 0.3 is 18.3 Å². The van der Waals surface area contributed by atoms with Crippen molar-refractivity contribution >= 4 is 5.97 Å². The van der Waals surface area contributed by atoms with Crippen LogP contribution in [0.15, 0.2) is 36.4 Å². The van der Waals surface area contributed by atoms with Gasteiger partial charge in [-0.2, -0.15) is 26.3 Å². The lowest BCUT2D eigenvalue weighted by Crippen LogP contribution is -2.38. The second kappa shape index (κ2) is 12.7. The SMILES string of the molecule is C#CC(=C)C.O=C(O)C[C@@H]1CCN(CCCCC(F)(F)F)[C@H](c2ccc(C(F)(F)F)cc2)C1. The molecule has 1 fully saturated rings. The van der Waals surface area contributed by atoms with Gasteiger partial charge in [-0.25, -0.2) is 0 Å². The number of carboxylic acids is 1. The number of unbranched alkanes of at least 4 members (excludes halogenated alkanes) is 1. The van der Waals surface area contributed by atoms with E-state index in [9.17, 15) is 31.1 Å². The molecule has 2 atom stereocenters. The van der Waals surface area contributed by atoms with Crippen molar-refractivity contribution in [2.75, 3.05) is 13.1 Å². The predicted molar refractivity (Wildman–Crippen MR) is 114 cm³/mol. The number of benzene rings is 1. The van der Waals surface area contributed by atoms with Gasteiger partial charge in [-0.3, -0.25) is 9.69 Å². The number of hydrogen-bond donors (Lipinski definition) is 1. The predicted octanol–water partition coefficient (Wildman–Crippen LogP) is 6.86. The molecule has 0 bridgehead atoms. The Labute approximate surface area is 190 Å². The van der Waals surface area contributed by atoms with E-state index in [-0.39, 0.29) is 24.8 Å². The Hall–Kier alpha value is -2.47. The number of alkyl halides is 6. The summed E-state index contributed by atoms with van der Waals surface area (Å²) in [4.78, 5) is 13.0. The van der Waals surface area contributed by atoms with Crippen LogP contribution in [0.1, 0.15) is 62.6 Å². The molecule has 1 aliphatic heterocycles. The van der Waals surface area contributed by atoms with Crippen LogP contribution in [0.4, 0.5) is 26.3 Å². The van der Waals surface area contributed by atoms with E-state index >= 15 is 0 Å². The van der Waals surface area contributed by atoms with E-state index in [2.05, 4.69) is 12.5 Å². The number of aliphatic carboxylic acids is 1. The highest BCUT2D eigenvalue weighted by Crippen LogP contribution is 2.37. The van der Waals surface area contributed by atoms with Gasteiger partial charge in [0.25, 0.3) is 0 Å². The molecule has 0 aliphatic carbocycles. The van der Waals surface area contributed by atoms with Crippen molar-refractivity contribution in [1.82, 2.24) is 4.90 Å². The zero-order valence-electron chi connectivity index (χ0n) is 18.5. The Morgan fingerprint density at radius 3 is 2.21 bits per heavy atom. The number of likely N-dealkylation sites (tertiary alicyclic amines) is 1. The van der Waals surface area contributed by atoms with Gasteiger partial charge in [0.1, 0.15) is 0 Å². The number of allylic oxidation sites excluding steroid dienone is 1. The van der Waals surface area contributed by atoms with Gasteiger partial charge < -0.3 is 5.11 Å². The molecular formula is C24H29F6NO2. The first-order chi connectivity index (χ1) is 15.2. The minimum atomic E-state index is -4.45. The molecule has 1 aliphatic rings. The fraction of sp³-hybridized carbons (Fsp3) is 0.542. The molecule has 1 heterocycles. The normalized spacial score (nSPS) is 19.2. The number of nitrogens with zero attached hydrogens (tertiary/aromatic N) is 1. The zero-order chi connectivity index (χ0) is 25.2. The van der Waals surface area contributed by atoms with Crippen LogP contribution in [0.2, 0.25) is 0 Å². The number of carbonyl (C=O) groups is 1. The molecule has 0 amide bonds. The molecule has 0 spiro atoms. The first-order valence-electron chi connectivity index (χ1n) is 10.5. The lowest BCUT2D eigenvalue weighted by molar-refractivity contribution is -0.139. The summed E-state index contributed by atoms with van der Waals surface area (Å²) in [6.07, 6.45) is -3.37. The zero-order valence-corrected chi connectivity index (χ0v) is 18.5. The minimum absolute atomic E-state index is 0.0156. The highest BCUT2D eigenvalue weighted by atomic mass is 19.4. The number of rotatable bonds is 7. The Morgan fingerprint density at radius 1 is 1.18 bits per heavy atom. The van der Waals surface area contributed by atoms with Gasteiger partial charge in [-0.05, 0) is 74.9 Å². The molecule has 1 aromatic rings. The summed E-state index contributed by atoms with van der Waals surface area (Å²) in [6.45, 7) is 6.13. The quantitative estimate of drug-likeness (QED) is 0.265. The van der Waals surface area contributed by atoms with E-state index in [4.69, 9.17) is 11.5 Å². The van der Waals surface area contributed by atoms with Crippen LogP contribution in [-0.2, 0) is 11.0 Å². The summed E-state index contributed by atoms with van der Waals surface area (Å²) >= 11 is 0. The van der Waals surface area contributed by atoms with E-state index in [0.717, 1.165) is 17.7 Å². The van der Waals surface area contributed by atoms with Gasteiger partial charge in [-0.1, -0.05) is 24.6 Å². The van der Waals surface area contributed by atoms with Crippen LogP contribution in [0.3, 0.4) is 0 Å². The fourth-order valence-corrected chi connectivity index (χ4v) is 3.67. The standard InChI is InChI=1S/C19H23F6NO2.C5H6/c20-18(21,22)8-1-2-9-26-10-7-13(12-17(27)28)11-16(26)14-3-5-15(6-4-14)19(23,24)25;1-4-5(2)3/h3-6,13,16H,1-2,7-12H2,(H,27,28);1H,2H2,3H3/t13-,16+;/m1./s1. The Balaban J connectivity index is 0.000000981. The lowest BCUT2D eigenvalue weighted by Gasteiger charge is -2.39. The molecule has 0 aromatic heterocycles. The number of hydrogen-bond acceptors (Lipinski definition) is 2. The number of carboxylic acid groups (broad SMARTS) is 1. The fourth-order valence-electron chi connectivity index (χ4n) is 3.67. The third-order valence-corrected chi connectivity index (χ3v) is 5.31. The molecule has 3 nitrogen and oxygen atoms in total. The molecular weight excluding hydrogens is 448 g/mol. The van der Waals surface area contributed by atoms with Crippen molar-refractivity contribution in [1.29, 1.82) is 0 Å². The maximum absolute atomic E-state index is 12.8. The van der Waals surface area contributed by atoms with E-state index in [1.54, 1.807) is 6.92 Å². The summed E-state index contributed by atoms with van der Waals surface area (Å²) in [5.41, 5.74) is 0.634. The first kappa shape index (κ1) is 28.6. The van der Waals surface area contributed by atoms with Crippen molar-refractivity contribution in [2.24, 2.45) is 5.92 Å². The average molecular weight is 477 g/mol. The molecule has 0 radical (unpaired) electrons. The van der Waals surface area contributed by atoms with Crippen LogP contribution in [-0.4, -0.2) is 35.2 Å². The van der Waals surface area contributed by atoms with E-state index in [1.807, 2.05) is 4.90 Å². The largest absolute Gasteiger partial charge is 0.481 e. The van der Waals surface area contributed by atoms with Crippen molar-refractivity contribution in [3.05, 3.63) is 47.5 Å². The van der Waals surface area contributed by atoms with E-state index < -0.39 is 30.3 Å². The molecule has 0 unspecified atom stereocenters. The first-order valence-corrected chi connectivity index (χ1v) is 10.5. The molecule has 184 valence electrons. The maximum atomic E-state index is 12.8. The van der Waals surface area contributed by atoms with Gasteiger partial charge in [-0.15, -0.1) is 6.42 Å². The lowest BCUT2D eigenvalue weighted by atomic mass is 9.85. The summed E-state index contributed by atoms with van der Waals surface area (Å²) < 4.78 is 75.3. The van der Waals surface area contributed by atoms with Crippen molar-refractivity contribution in [3.8, 4) is 12.3 Å².